The van der Waals surface area contributed by atoms with Crippen LogP contribution in [0.2, 0.25) is 0 Å². The smallest absolute Gasteiger partial charge is 0.243 e. The van der Waals surface area contributed by atoms with Gasteiger partial charge in [-0.2, -0.15) is 0 Å². The van der Waals surface area contributed by atoms with Crippen LogP contribution < -0.4 is 10.0 Å². The number of halogens is 3. The average molecular weight is 341 g/mol. The summed E-state index contributed by atoms with van der Waals surface area (Å²) < 4.78 is 52.7. The highest BCUT2D eigenvalue weighted by atomic mass is 79.9. The van der Waals surface area contributed by atoms with Crippen LogP contribution in [0.3, 0.4) is 0 Å². The van der Waals surface area contributed by atoms with Crippen LogP contribution in [0.4, 0.5) is 8.78 Å². The van der Waals surface area contributed by atoms with Crippen molar-refractivity contribution >= 4 is 26.0 Å². The summed E-state index contributed by atoms with van der Waals surface area (Å²) in [5, 5.41) is 2.99. The molecule has 0 aromatic heterocycles. The monoisotopic (exact) mass is 340 g/mol. The Balaban J connectivity index is 2.31. The van der Waals surface area contributed by atoms with E-state index < -0.39 is 26.6 Å². The third kappa shape index (κ3) is 2.87. The zero-order chi connectivity index (χ0) is 13.3. The van der Waals surface area contributed by atoms with E-state index in [1.165, 1.54) is 0 Å². The highest BCUT2D eigenvalue weighted by Crippen LogP contribution is 2.23. The number of benzene rings is 1. The van der Waals surface area contributed by atoms with Crippen LogP contribution in [0.1, 0.15) is 6.42 Å². The molecule has 0 saturated carbocycles. The van der Waals surface area contributed by atoms with Crippen molar-refractivity contribution in [3.63, 3.8) is 0 Å². The number of hydrogen-bond donors (Lipinski definition) is 2. The number of rotatable bonds is 3. The van der Waals surface area contributed by atoms with Crippen molar-refractivity contribution in [2.24, 2.45) is 0 Å². The van der Waals surface area contributed by atoms with Gasteiger partial charge in [-0.1, -0.05) is 0 Å². The number of sulfonamides is 1. The standard InChI is InChI=1S/C10H11BrF2N2O2S/c11-7-3-10(9(13)4-8(7)12)18(16,17)15-6-1-2-14-5-6/h3-4,6,14-15H,1-2,5H2. The van der Waals surface area contributed by atoms with E-state index in [0.717, 1.165) is 6.07 Å². The molecule has 1 heterocycles. The molecule has 18 heavy (non-hydrogen) atoms. The van der Waals surface area contributed by atoms with Gasteiger partial charge in [-0.15, -0.1) is 0 Å². The summed E-state index contributed by atoms with van der Waals surface area (Å²) in [4.78, 5) is -0.553. The Kier molecular flexibility index (Phi) is 4.00. The maximum atomic E-state index is 13.5. The fourth-order valence-corrected chi connectivity index (χ4v) is 3.60. The quantitative estimate of drug-likeness (QED) is 0.817. The Bertz CT molecular complexity index is 559. The first-order chi connectivity index (χ1) is 8.40. The molecule has 8 heteroatoms. The summed E-state index contributed by atoms with van der Waals surface area (Å²) in [6, 6.07) is 1.21. The van der Waals surface area contributed by atoms with Gasteiger partial charge in [-0.3, -0.25) is 0 Å². The highest BCUT2D eigenvalue weighted by molar-refractivity contribution is 9.10. The predicted octanol–water partition coefficient (Wildman–Crippen LogP) is 1.37. The van der Waals surface area contributed by atoms with Gasteiger partial charge in [0.25, 0.3) is 0 Å². The Morgan fingerprint density at radius 3 is 2.67 bits per heavy atom. The van der Waals surface area contributed by atoms with Crippen LogP contribution >= 0.6 is 15.9 Å². The molecule has 1 aliphatic heterocycles. The zero-order valence-corrected chi connectivity index (χ0v) is 11.6. The molecule has 0 bridgehead atoms. The van der Waals surface area contributed by atoms with E-state index in [4.69, 9.17) is 0 Å². The van der Waals surface area contributed by atoms with Crippen LogP contribution in [0.15, 0.2) is 21.5 Å². The topological polar surface area (TPSA) is 58.2 Å². The van der Waals surface area contributed by atoms with E-state index >= 15 is 0 Å². The van der Waals surface area contributed by atoms with E-state index in [-0.39, 0.29) is 10.5 Å². The number of hydrogen-bond acceptors (Lipinski definition) is 3. The molecule has 0 spiro atoms. The normalized spacial score (nSPS) is 20.3. The molecule has 0 aliphatic carbocycles. The minimum Gasteiger partial charge on any atom is -0.315 e. The molecule has 1 unspecified atom stereocenters. The van der Waals surface area contributed by atoms with Crippen molar-refractivity contribution in [2.45, 2.75) is 17.4 Å². The lowest BCUT2D eigenvalue weighted by molar-refractivity contribution is 0.532. The molecule has 1 aliphatic rings. The van der Waals surface area contributed by atoms with Gasteiger partial charge in [0.05, 0.1) is 4.47 Å². The van der Waals surface area contributed by atoms with Crippen molar-refractivity contribution in [1.82, 2.24) is 10.0 Å². The Hall–Kier alpha value is -0.570. The van der Waals surface area contributed by atoms with Gasteiger partial charge in [0.2, 0.25) is 10.0 Å². The van der Waals surface area contributed by atoms with E-state index in [2.05, 4.69) is 26.0 Å². The molecular weight excluding hydrogens is 330 g/mol. The summed E-state index contributed by atoms with van der Waals surface area (Å²) in [7, 11) is -3.98. The van der Waals surface area contributed by atoms with Crippen molar-refractivity contribution in [1.29, 1.82) is 0 Å². The Morgan fingerprint density at radius 1 is 1.33 bits per heavy atom. The molecule has 1 saturated heterocycles. The molecule has 1 atom stereocenters. The Labute approximate surface area is 112 Å². The molecule has 1 aromatic carbocycles. The maximum absolute atomic E-state index is 13.5. The first-order valence-electron chi connectivity index (χ1n) is 5.28. The minimum atomic E-state index is -3.98. The van der Waals surface area contributed by atoms with Crippen molar-refractivity contribution in [3.8, 4) is 0 Å². The van der Waals surface area contributed by atoms with Crippen LogP contribution in [0.5, 0.6) is 0 Å². The van der Waals surface area contributed by atoms with Gasteiger partial charge in [-0.05, 0) is 35.0 Å². The fraction of sp³-hybridized carbons (Fsp3) is 0.400. The number of nitrogens with one attached hydrogen (secondary N) is 2. The van der Waals surface area contributed by atoms with Gasteiger partial charge in [0.1, 0.15) is 16.5 Å². The largest absolute Gasteiger partial charge is 0.315 e. The molecule has 1 aromatic rings. The highest BCUT2D eigenvalue weighted by Gasteiger charge is 2.26. The van der Waals surface area contributed by atoms with E-state index in [1.54, 1.807) is 0 Å². The van der Waals surface area contributed by atoms with Crippen LogP contribution in [-0.2, 0) is 10.0 Å². The van der Waals surface area contributed by atoms with Gasteiger partial charge < -0.3 is 5.32 Å². The lowest BCUT2D eigenvalue weighted by Crippen LogP contribution is -2.36. The molecular formula is C10H11BrF2N2O2S. The van der Waals surface area contributed by atoms with Crippen molar-refractivity contribution < 1.29 is 17.2 Å². The average Bonchev–Trinajstić information content (AvgIpc) is 2.75. The second-order valence-electron chi connectivity index (χ2n) is 4.01. The molecule has 0 radical (unpaired) electrons. The lowest BCUT2D eigenvalue weighted by atomic mass is 10.3. The third-order valence-corrected chi connectivity index (χ3v) is 4.79. The first kappa shape index (κ1) is 13.9. The van der Waals surface area contributed by atoms with Gasteiger partial charge >= 0.3 is 0 Å². The van der Waals surface area contributed by atoms with Crippen molar-refractivity contribution in [2.75, 3.05) is 13.1 Å². The molecule has 2 rings (SSSR count). The van der Waals surface area contributed by atoms with E-state index in [0.29, 0.717) is 25.6 Å². The SMILES string of the molecule is O=S(=O)(NC1CCNC1)c1cc(Br)c(F)cc1F. The summed E-state index contributed by atoms with van der Waals surface area (Å²) in [6.45, 7) is 1.21. The molecule has 100 valence electrons. The maximum Gasteiger partial charge on any atom is 0.243 e. The summed E-state index contributed by atoms with van der Waals surface area (Å²) in [5.74, 6) is -1.94. The summed E-state index contributed by atoms with van der Waals surface area (Å²) in [5.41, 5.74) is 0. The summed E-state index contributed by atoms with van der Waals surface area (Å²) in [6.07, 6.45) is 0.642. The van der Waals surface area contributed by atoms with Gasteiger partial charge in [0.15, 0.2) is 0 Å². The molecule has 2 N–H and O–H groups in total. The Morgan fingerprint density at radius 2 is 2.06 bits per heavy atom. The van der Waals surface area contributed by atoms with E-state index in [9.17, 15) is 17.2 Å². The van der Waals surface area contributed by atoms with Crippen LogP contribution in [0.25, 0.3) is 0 Å². The van der Waals surface area contributed by atoms with Crippen molar-refractivity contribution in [3.05, 3.63) is 28.2 Å². The van der Waals surface area contributed by atoms with E-state index in [1.807, 2.05) is 0 Å². The second-order valence-corrected chi connectivity index (χ2v) is 6.54. The summed E-state index contributed by atoms with van der Waals surface area (Å²) >= 11 is 2.84. The predicted molar refractivity (Wildman–Crippen MR) is 65.7 cm³/mol. The van der Waals surface area contributed by atoms with Gasteiger partial charge in [0, 0.05) is 18.7 Å². The van der Waals surface area contributed by atoms with Crippen LogP contribution in [-0.4, -0.2) is 27.5 Å². The molecule has 4 nitrogen and oxygen atoms in total. The minimum absolute atomic E-state index is 0.0891. The lowest BCUT2D eigenvalue weighted by Gasteiger charge is -2.13. The zero-order valence-electron chi connectivity index (χ0n) is 9.21. The van der Waals surface area contributed by atoms with Gasteiger partial charge in [-0.25, -0.2) is 21.9 Å². The third-order valence-electron chi connectivity index (χ3n) is 2.65. The molecule has 0 amide bonds. The molecule has 1 fully saturated rings. The fourth-order valence-electron chi connectivity index (χ4n) is 1.75. The first-order valence-corrected chi connectivity index (χ1v) is 7.55. The van der Waals surface area contributed by atoms with Crippen LogP contribution in [0, 0.1) is 11.6 Å². The second kappa shape index (κ2) is 5.20.